The molecule has 0 saturated heterocycles. The summed E-state index contributed by atoms with van der Waals surface area (Å²) in [5, 5.41) is 2.79. The van der Waals surface area contributed by atoms with Crippen molar-refractivity contribution in [1.82, 2.24) is 0 Å². The molecule has 22 heavy (non-hydrogen) atoms. The van der Waals surface area contributed by atoms with Crippen LogP contribution < -0.4 is 10.1 Å². The number of nitrogens with one attached hydrogen (secondary N) is 1. The molecule has 2 rings (SSSR count). The van der Waals surface area contributed by atoms with E-state index in [4.69, 9.17) is 14.2 Å². The van der Waals surface area contributed by atoms with Crippen LogP contribution in [0.3, 0.4) is 0 Å². The van der Waals surface area contributed by atoms with Crippen molar-refractivity contribution in [3.05, 3.63) is 24.3 Å². The van der Waals surface area contributed by atoms with Gasteiger partial charge in [-0.25, -0.2) is 0 Å². The molecular weight excluding hydrogens is 282 g/mol. The average Bonchev–Trinajstić information content (AvgIpc) is 3.02. The van der Waals surface area contributed by atoms with Gasteiger partial charge >= 0.3 is 0 Å². The van der Waals surface area contributed by atoms with Crippen LogP contribution >= 0.6 is 0 Å². The predicted octanol–water partition coefficient (Wildman–Crippen LogP) is 3.00. The van der Waals surface area contributed by atoms with Crippen molar-refractivity contribution < 1.29 is 19.0 Å². The van der Waals surface area contributed by atoms with Gasteiger partial charge in [-0.05, 0) is 56.9 Å². The first-order chi connectivity index (χ1) is 10.8. The van der Waals surface area contributed by atoms with Gasteiger partial charge in [0, 0.05) is 12.3 Å². The molecule has 122 valence electrons. The van der Waals surface area contributed by atoms with E-state index in [2.05, 4.69) is 5.32 Å². The Bertz CT molecular complexity index is 440. The fraction of sp³-hybridized carbons (Fsp3) is 0.588. The Morgan fingerprint density at radius 3 is 2.50 bits per heavy atom. The van der Waals surface area contributed by atoms with Crippen LogP contribution in [0, 0.1) is 0 Å². The quantitative estimate of drug-likeness (QED) is 0.713. The highest BCUT2D eigenvalue weighted by Crippen LogP contribution is 2.24. The number of carbonyl (C=O) groups excluding carboxylic acids is 1. The predicted molar refractivity (Wildman–Crippen MR) is 85.3 cm³/mol. The van der Waals surface area contributed by atoms with E-state index in [-0.39, 0.29) is 12.5 Å². The van der Waals surface area contributed by atoms with Crippen LogP contribution in [0.25, 0.3) is 0 Å². The molecule has 1 amide bonds. The lowest BCUT2D eigenvalue weighted by molar-refractivity contribution is -0.121. The van der Waals surface area contributed by atoms with Crippen molar-refractivity contribution in [2.45, 2.75) is 38.7 Å². The number of hydrogen-bond acceptors (Lipinski definition) is 4. The molecule has 1 aromatic rings. The van der Waals surface area contributed by atoms with Crippen molar-refractivity contribution in [3.63, 3.8) is 0 Å². The van der Waals surface area contributed by atoms with E-state index >= 15 is 0 Å². The minimum Gasteiger partial charge on any atom is -0.490 e. The van der Waals surface area contributed by atoms with Crippen molar-refractivity contribution in [2.75, 3.05) is 31.7 Å². The van der Waals surface area contributed by atoms with Crippen LogP contribution in [0.4, 0.5) is 5.69 Å². The smallest absolute Gasteiger partial charge is 0.250 e. The van der Waals surface area contributed by atoms with Crippen LogP contribution in [0.2, 0.25) is 0 Å². The monoisotopic (exact) mass is 307 g/mol. The second-order valence-electron chi connectivity index (χ2n) is 5.35. The summed E-state index contributed by atoms with van der Waals surface area (Å²) in [5.41, 5.74) is 0.747. The average molecular weight is 307 g/mol. The summed E-state index contributed by atoms with van der Waals surface area (Å²) < 4.78 is 16.2. The van der Waals surface area contributed by atoms with Crippen LogP contribution in [0.15, 0.2) is 24.3 Å². The third kappa shape index (κ3) is 6.03. The Kier molecular flexibility index (Phi) is 7.19. The highest BCUT2D eigenvalue weighted by Gasteiger charge is 2.16. The molecule has 1 aliphatic rings. The molecule has 5 heteroatoms. The number of ether oxygens (including phenoxy) is 3. The molecule has 1 aromatic carbocycles. The van der Waals surface area contributed by atoms with Gasteiger partial charge in [0.15, 0.2) is 0 Å². The molecule has 0 radical (unpaired) electrons. The summed E-state index contributed by atoms with van der Waals surface area (Å²) in [5.74, 6) is 0.693. The Balaban J connectivity index is 1.67. The maximum absolute atomic E-state index is 11.7. The Labute approximate surface area is 131 Å². The third-order valence-electron chi connectivity index (χ3n) is 3.55. The molecule has 0 aromatic heterocycles. The molecule has 1 N–H and O–H groups in total. The van der Waals surface area contributed by atoms with Gasteiger partial charge in [-0.15, -0.1) is 0 Å². The fourth-order valence-corrected chi connectivity index (χ4v) is 2.44. The second-order valence-corrected chi connectivity index (χ2v) is 5.35. The van der Waals surface area contributed by atoms with Gasteiger partial charge < -0.3 is 19.5 Å². The van der Waals surface area contributed by atoms with Crippen LogP contribution in [0.1, 0.15) is 32.6 Å². The van der Waals surface area contributed by atoms with E-state index in [9.17, 15) is 4.79 Å². The highest BCUT2D eigenvalue weighted by atomic mass is 16.5. The summed E-state index contributed by atoms with van der Waals surface area (Å²) in [6.45, 7) is 3.55. The SMILES string of the molecule is CCOCCOCC(=O)Nc1ccc(OC2CCCC2)cc1. The molecular formula is C17H25NO4. The Morgan fingerprint density at radius 1 is 1.14 bits per heavy atom. The molecule has 0 spiro atoms. The minimum atomic E-state index is -0.166. The number of benzene rings is 1. The van der Waals surface area contributed by atoms with Gasteiger partial charge in [0.1, 0.15) is 12.4 Å². The summed E-state index contributed by atoms with van der Waals surface area (Å²) in [6, 6.07) is 7.48. The lowest BCUT2D eigenvalue weighted by Crippen LogP contribution is -2.19. The third-order valence-corrected chi connectivity index (χ3v) is 3.55. The van der Waals surface area contributed by atoms with E-state index in [0.29, 0.717) is 25.9 Å². The Morgan fingerprint density at radius 2 is 1.82 bits per heavy atom. The minimum absolute atomic E-state index is 0.0351. The molecule has 0 unspecified atom stereocenters. The van der Waals surface area contributed by atoms with Gasteiger partial charge in [0.25, 0.3) is 0 Å². The second kappa shape index (κ2) is 9.43. The van der Waals surface area contributed by atoms with E-state index in [1.807, 2.05) is 31.2 Å². The standard InChI is InChI=1S/C17H25NO4/c1-2-20-11-12-21-13-17(19)18-14-7-9-16(10-8-14)22-15-5-3-4-6-15/h7-10,15H,2-6,11-13H2,1H3,(H,18,19). The molecule has 1 saturated carbocycles. The number of anilines is 1. The maximum atomic E-state index is 11.7. The first kappa shape index (κ1) is 16.8. The van der Waals surface area contributed by atoms with Crippen molar-refractivity contribution in [1.29, 1.82) is 0 Å². The van der Waals surface area contributed by atoms with Crippen LogP contribution in [0.5, 0.6) is 5.75 Å². The molecule has 1 aliphatic carbocycles. The number of carbonyl (C=O) groups is 1. The summed E-state index contributed by atoms with van der Waals surface area (Å²) >= 11 is 0. The van der Waals surface area contributed by atoms with Gasteiger partial charge in [-0.2, -0.15) is 0 Å². The van der Waals surface area contributed by atoms with Gasteiger partial charge in [0.05, 0.1) is 19.3 Å². The largest absolute Gasteiger partial charge is 0.490 e. The van der Waals surface area contributed by atoms with Crippen LogP contribution in [-0.4, -0.2) is 38.4 Å². The van der Waals surface area contributed by atoms with E-state index in [1.54, 1.807) is 0 Å². The van der Waals surface area contributed by atoms with Crippen LogP contribution in [-0.2, 0) is 14.3 Å². The van der Waals surface area contributed by atoms with Gasteiger partial charge in [-0.3, -0.25) is 4.79 Å². The summed E-state index contributed by atoms with van der Waals surface area (Å²) in [6.07, 6.45) is 5.12. The van der Waals surface area contributed by atoms with Crippen molar-refractivity contribution >= 4 is 11.6 Å². The van der Waals surface area contributed by atoms with E-state index < -0.39 is 0 Å². The van der Waals surface area contributed by atoms with Crippen molar-refractivity contribution in [2.24, 2.45) is 0 Å². The van der Waals surface area contributed by atoms with E-state index in [0.717, 1.165) is 24.3 Å². The molecule has 5 nitrogen and oxygen atoms in total. The zero-order valence-corrected chi connectivity index (χ0v) is 13.2. The molecule has 0 heterocycles. The fourth-order valence-electron chi connectivity index (χ4n) is 2.44. The highest BCUT2D eigenvalue weighted by molar-refractivity contribution is 5.91. The Hall–Kier alpha value is -1.59. The van der Waals surface area contributed by atoms with E-state index in [1.165, 1.54) is 12.8 Å². The zero-order valence-electron chi connectivity index (χ0n) is 13.2. The first-order valence-electron chi connectivity index (χ1n) is 8.00. The number of rotatable bonds is 9. The molecule has 1 fully saturated rings. The first-order valence-corrected chi connectivity index (χ1v) is 8.00. The lowest BCUT2D eigenvalue weighted by Gasteiger charge is -2.13. The molecule has 0 bridgehead atoms. The molecule has 0 aliphatic heterocycles. The van der Waals surface area contributed by atoms with Gasteiger partial charge in [0.2, 0.25) is 5.91 Å². The number of hydrogen-bond donors (Lipinski definition) is 1. The summed E-state index contributed by atoms with van der Waals surface area (Å²) in [4.78, 5) is 11.7. The normalized spacial score (nSPS) is 15.0. The maximum Gasteiger partial charge on any atom is 0.250 e. The lowest BCUT2D eigenvalue weighted by atomic mass is 10.2. The number of amides is 1. The summed E-state index contributed by atoms with van der Waals surface area (Å²) in [7, 11) is 0. The molecule has 0 atom stereocenters. The zero-order chi connectivity index (χ0) is 15.6. The van der Waals surface area contributed by atoms with Gasteiger partial charge in [-0.1, -0.05) is 0 Å². The van der Waals surface area contributed by atoms with Crippen molar-refractivity contribution in [3.8, 4) is 5.75 Å². The topological polar surface area (TPSA) is 56.8 Å².